The van der Waals surface area contributed by atoms with E-state index in [1.807, 2.05) is 13.0 Å². The molecule has 2 rings (SSSR count). The van der Waals surface area contributed by atoms with Crippen LogP contribution in [0.15, 0.2) is 22.7 Å². The average molecular weight is 311 g/mol. The minimum absolute atomic E-state index is 0.254. The first-order valence-corrected chi connectivity index (χ1v) is 7.13. The number of rotatable bonds is 3. The van der Waals surface area contributed by atoms with Gasteiger partial charge in [-0.05, 0) is 60.8 Å². The molecule has 0 spiro atoms. The summed E-state index contributed by atoms with van der Waals surface area (Å²) in [5.74, 6) is 1.75. The van der Waals surface area contributed by atoms with E-state index in [9.17, 15) is 0 Å². The van der Waals surface area contributed by atoms with Crippen molar-refractivity contribution in [2.45, 2.75) is 39.7 Å². The zero-order chi connectivity index (χ0) is 13.3. The second kappa shape index (κ2) is 4.96. The lowest BCUT2D eigenvalue weighted by Gasteiger charge is -2.31. The van der Waals surface area contributed by atoms with Crippen molar-refractivity contribution in [3.8, 4) is 11.5 Å². The molecule has 0 unspecified atom stereocenters. The molecule has 0 aromatic heterocycles. The van der Waals surface area contributed by atoms with Gasteiger partial charge < -0.3 is 9.47 Å². The van der Waals surface area contributed by atoms with Crippen molar-refractivity contribution < 1.29 is 9.47 Å². The third-order valence-electron chi connectivity index (χ3n) is 2.96. The molecule has 0 amide bonds. The maximum atomic E-state index is 6.02. The Labute approximate surface area is 117 Å². The summed E-state index contributed by atoms with van der Waals surface area (Å²) in [6, 6.07) is 4.07. The van der Waals surface area contributed by atoms with Crippen LogP contribution in [0.5, 0.6) is 11.5 Å². The highest BCUT2D eigenvalue weighted by molar-refractivity contribution is 9.10. The predicted molar refractivity (Wildman–Crippen MR) is 78.3 cm³/mol. The number of allylic oxidation sites excluding steroid dienone is 1. The smallest absolute Gasteiger partial charge is 0.137 e. The standard InChI is InChI=1S/C15H19BrO2/c1-5-10-9-15(3,4)18-13-8-14(17-6-2)12(16)7-11(10)13/h7-9H,5-6H2,1-4H3. The summed E-state index contributed by atoms with van der Waals surface area (Å²) in [5.41, 5.74) is 2.23. The molecule has 98 valence electrons. The van der Waals surface area contributed by atoms with E-state index in [-0.39, 0.29) is 5.60 Å². The van der Waals surface area contributed by atoms with Crippen LogP contribution in [-0.4, -0.2) is 12.2 Å². The van der Waals surface area contributed by atoms with Crippen LogP contribution < -0.4 is 9.47 Å². The van der Waals surface area contributed by atoms with Gasteiger partial charge in [0, 0.05) is 11.6 Å². The summed E-state index contributed by atoms with van der Waals surface area (Å²) in [5, 5.41) is 0. The fourth-order valence-electron chi connectivity index (χ4n) is 2.24. The topological polar surface area (TPSA) is 18.5 Å². The van der Waals surface area contributed by atoms with E-state index >= 15 is 0 Å². The van der Waals surface area contributed by atoms with Gasteiger partial charge in [-0.2, -0.15) is 0 Å². The number of ether oxygens (including phenoxy) is 2. The minimum atomic E-state index is -0.254. The lowest BCUT2D eigenvalue weighted by molar-refractivity contribution is 0.157. The number of hydrogen-bond acceptors (Lipinski definition) is 2. The predicted octanol–water partition coefficient (Wildman–Crippen LogP) is 4.81. The number of fused-ring (bicyclic) bond motifs is 1. The zero-order valence-electron chi connectivity index (χ0n) is 11.3. The number of benzene rings is 1. The quantitative estimate of drug-likeness (QED) is 0.797. The Hall–Kier alpha value is -0.960. The molecular weight excluding hydrogens is 292 g/mol. The Bertz CT molecular complexity index is 490. The van der Waals surface area contributed by atoms with Crippen molar-refractivity contribution in [3.05, 3.63) is 28.2 Å². The fourth-order valence-corrected chi connectivity index (χ4v) is 2.70. The molecule has 1 heterocycles. The van der Waals surface area contributed by atoms with E-state index < -0.39 is 0 Å². The van der Waals surface area contributed by atoms with Crippen molar-refractivity contribution in [2.24, 2.45) is 0 Å². The molecular formula is C15H19BrO2. The molecule has 1 aromatic carbocycles. The van der Waals surface area contributed by atoms with E-state index in [1.54, 1.807) is 0 Å². The number of halogens is 1. The zero-order valence-corrected chi connectivity index (χ0v) is 12.9. The molecule has 0 radical (unpaired) electrons. The summed E-state index contributed by atoms with van der Waals surface area (Å²) in [6.07, 6.45) is 3.20. The molecule has 0 fully saturated rings. The maximum Gasteiger partial charge on any atom is 0.137 e. The van der Waals surface area contributed by atoms with Crippen LogP contribution in [0, 0.1) is 0 Å². The lowest BCUT2D eigenvalue weighted by atomic mass is 9.93. The summed E-state index contributed by atoms with van der Waals surface area (Å²) in [4.78, 5) is 0. The highest BCUT2D eigenvalue weighted by Gasteiger charge is 2.26. The molecule has 0 atom stereocenters. The third-order valence-corrected chi connectivity index (χ3v) is 3.58. The van der Waals surface area contributed by atoms with Crippen LogP contribution in [0.3, 0.4) is 0 Å². The normalized spacial score (nSPS) is 16.6. The molecule has 0 saturated carbocycles. The van der Waals surface area contributed by atoms with Crippen LogP contribution in [0.4, 0.5) is 0 Å². The van der Waals surface area contributed by atoms with Crippen molar-refractivity contribution in [2.75, 3.05) is 6.61 Å². The van der Waals surface area contributed by atoms with Crippen molar-refractivity contribution in [1.29, 1.82) is 0 Å². The van der Waals surface area contributed by atoms with E-state index in [4.69, 9.17) is 9.47 Å². The molecule has 0 bridgehead atoms. The molecule has 3 heteroatoms. The van der Waals surface area contributed by atoms with Gasteiger partial charge in [-0.15, -0.1) is 0 Å². The molecule has 0 N–H and O–H groups in total. The molecule has 0 saturated heterocycles. The SMILES string of the molecule is CCOc1cc2c(cc1Br)C(CC)=CC(C)(C)O2. The monoisotopic (exact) mass is 310 g/mol. The third kappa shape index (κ3) is 2.56. The number of hydrogen-bond donors (Lipinski definition) is 0. The largest absolute Gasteiger partial charge is 0.493 e. The van der Waals surface area contributed by atoms with Gasteiger partial charge >= 0.3 is 0 Å². The Morgan fingerprint density at radius 1 is 1.28 bits per heavy atom. The fraction of sp³-hybridized carbons (Fsp3) is 0.467. The van der Waals surface area contributed by atoms with Crippen LogP contribution in [-0.2, 0) is 0 Å². The van der Waals surface area contributed by atoms with E-state index in [1.165, 1.54) is 5.57 Å². The van der Waals surface area contributed by atoms with Crippen LogP contribution in [0.1, 0.15) is 39.7 Å². The van der Waals surface area contributed by atoms with Crippen LogP contribution >= 0.6 is 15.9 Å². The Morgan fingerprint density at radius 2 is 2.00 bits per heavy atom. The highest BCUT2D eigenvalue weighted by atomic mass is 79.9. The van der Waals surface area contributed by atoms with Gasteiger partial charge in [0.05, 0.1) is 11.1 Å². The molecule has 1 aliphatic heterocycles. The first-order valence-electron chi connectivity index (χ1n) is 6.34. The summed E-state index contributed by atoms with van der Waals surface area (Å²) >= 11 is 3.55. The Morgan fingerprint density at radius 3 is 2.61 bits per heavy atom. The summed E-state index contributed by atoms with van der Waals surface area (Å²) in [6.45, 7) is 8.95. The van der Waals surface area contributed by atoms with Crippen molar-refractivity contribution in [1.82, 2.24) is 0 Å². The molecule has 1 aliphatic rings. The summed E-state index contributed by atoms with van der Waals surface area (Å²) < 4.78 is 12.6. The van der Waals surface area contributed by atoms with Gasteiger partial charge in [-0.3, -0.25) is 0 Å². The second-order valence-electron chi connectivity index (χ2n) is 4.94. The minimum Gasteiger partial charge on any atom is -0.493 e. The van der Waals surface area contributed by atoms with Crippen molar-refractivity contribution >= 4 is 21.5 Å². The summed E-state index contributed by atoms with van der Waals surface area (Å²) in [7, 11) is 0. The maximum absolute atomic E-state index is 6.02. The van der Waals surface area contributed by atoms with Crippen molar-refractivity contribution in [3.63, 3.8) is 0 Å². The average Bonchev–Trinajstić information content (AvgIpc) is 2.29. The van der Waals surface area contributed by atoms with Gasteiger partial charge in [-0.25, -0.2) is 0 Å². The molecule has 0 aliphatic carbocycles. The van der Waals surface area contributed by atoms with E-state index in [0.29, 0.717) is 6.61 Å². The highest BCUT2D eigenvalue weighted by Crippen LogP contribution is 2.42. The molecule has 18 heavy (non-hydrogen) atoms. The first kappa shape index (κ1) is 13.5. The molecule has 1 aromatic rings. The van der Waals surface area contributed by atoms with Gasteiger partial charge in [0.2, 0.25) is 0 Å². The Kier molecular flexibility index (Phi) is 3.71. The van der Waals surface area contributed by atoms with Gasteiger partial charge in [0.25, 0.3) is 0 Å². The van der Waals surface area contributed by atoms with Gasteiger partial charge in [0.15, 0.2) is 0 Å². The first-order chi connectivity index (χ1) is 8.46. The molecule has 2 nitrogen and oxygen atoms in total. The Balaban J connectivity index is 2.52. The van der Waals surface area contributed by atoms with Gasteiger partial charge in [0.1, 0.15) is 17.1 Å². The van der Waals surface area contributed by atoms with E-state index in [2.05, 4.69) is 48.8 Å². The van der Waals surface area contributed by atoms with Crippen LogP contribution in [0.2, 0.25) is 0 Å². The van der Waals surface area contributed by atoms with E-state index in [0.717, 1.165) is 28.0 Å². The van der Waals surface area contributed by atoms with Gasteiger partial charge in [-0.1, -0.05) is 6.92 Å². The van der Waals surface area contributed by atoms with Crippen LogP contribution in [0.25, 0.3) is 5.57 Å². The second-order valence-corrected chi connectivity index (χ2v) is 5.79. The lowest BCUT2D eigenvalue weighted by Crippen LogP contribution is -2.29.